The Morgan fingerprint density at radius 1 is 1.35 bits per heavy atom. The number of H-pyrrole nitrogens is 1. The zero-order valence-corrected chi connectivity index (χ0v) is 14.6. The Morgan fingerprint density at radius 2 is 2.00 bits per heavy atom. The van der Waals surface area contributed by atoms with E-state index in [1.807, 2.05) is 4.98 Å². The Kier molecular flexibility index (Phi) is 5.03. The molecule has 142 valence electrons. The van der Waals surface area contributed by atoms with Gasteiger partial charge in [0.05, 0.1) is 6.54 Å². The maximum atomic E-state index is 12.3. The molecule has 11 nitrogen and oxygen atoms in total. The number of carboxylic acid groups (broad SMARTS) is 1. The summed E-state index contributed by atoms with van der Waals surface area (Å²) < 4.78 is 5.51. The van der Waals surface area contributed by atoms with Gasteiger partial charge in [-0.2, -0.15) is 0 Å². The lowest BCUT2D eigenvalue weighted by Gasteiger charge is -2.20. The van der Waals surface area contributed by atoms with Crippen LogP contribution in [-0.4, -0.2) is 62.3 Å². The van der Waals surface area contributed by atoms with Crippen molar-refractivity contribution in [3.63, 3.8) is 0 Å². The van der Waals surface area contributed by atoms with Crippen LogP contribution in [0.3, 0.4) is 0 Å². The minimum absolute atomic E-state index is 0.0253. The van der Waals surface area contributed by atoms with Crippen LogP contribution in [0.2, 0.25) is 0 Å². The Labute approximate surface area is 147 Å². The number of carbonyl (C=O) groups is 3. The van der Waals surface area contributed by atoms with Gasteiger partial charge in [-0.3, -0.25) is 9.78 Å². The van der Waals surface area contributed by atoms with Crippen LogP contribution in [0.25, 0.3) is 0 Å². The Hall–Kier alpha value is -2.95. The molecule has 1 aromatic rings. The van der Waals surface area contributed by atoms with Crippen LogP contribution in [0.5, 0.6) is 0 Å². The smallest absolute Gasteiger partial charge is 0.407 e. The molecule has 0 aromatic carbocycles. The number of carboxylic acids is 1. The quantitative estimate of drug-likeness (QED) is 0.430. The topological polar surface area (TPSA) is 148 Å². The Morgan fingerprint density at radius 3 is 2.54 bits per heavy atom. The molecular formula is C15H21N4O7+. The number of quaternary nitrogens is 1. The minimum atomic E-state index is -1.23. The van der Waals surface area contributed by atoms with Crippen molar-refractivity contribution in [3.05, 3.63) is 33.1 Å². The number of hydrogen-bond acceptors (Lipinski definition) is 6. The third kappa shape index (κ3) is 4.17. The summed E-state index contributed by atoms with van der Waals surface area (Å²) in [7, 11) is 0. The van der Waals surface area contributed by atoms with Crippen LogP contribution in [0.4, 0.5) is 4.79 Å². The highest BCUT2D eigenvalue weighted by molar-refractivity contribution is 5.87. The second-order valence-electron chi connectivity index (χ2n) is 6.97. The number of alkyl carbamates (subject to hydrolysis) is 1. The van der Waals surface area contributed by atoms with Crippen LogP contribution < -0.4 is 16.6 Å². The number of amides is 2. The summed E-state index contributed by atoms with van der Waals surface area (Å²) in [5.41, 5.74) is -2.12. The van der Waals surface area contributed by atoms with Gasteiger partial charge in [-0.25, -0.2) is 28.2 Å². The lowest BCUT2D eigenvalue weighted by molar-refractivity contribution is -0.779. The molecule has 26 heavy (non-hydrogen) atoms. The van der Waals surface area contributed by atoms with Crippen molar-refractivity contribution >= 4 is 18.0 Å². The average molecular weight is 369 g/mol. The van der Waals surface area contributed by atoms with Crippen LogP contribution in [0.1, 0.15) is 26.9 Å². The summed E-state index contributed by atoms with van der Waals surface area (Å²) >= 11 is 0. The van der Waals surface area contributed by atoms with E-state index in [1.54, 1.807) is 20.8 Å². The molecule has 0 saturated carbocycles. The third-order valence-electron chi connectivity index (χ3n) is 3.77. The highest BCUT2D eigenvalue weighted by atomic mass is 16.6. The molecule has 0 aliphatic carbocycles. The van der Waals surface area contributed by atoms with Gasteiger partial charge in [-0.1, -0.05) is 0 Å². The third-order valence-corrected chi connectivity index (χ3v) is 3.77. The van der Waals surface area contributed by atoms with E-state index in [2.05, 4.69) is 5.32 Å². The van der Waals surface area contributed by atoms with Gasteiger partial charge in [0, 0.05) is 12.3 Å². The molecule has 2 atom stereocenters. The lowest BCUT2D eigenvalue weighted by atomic mass is 10.2. The van der Waals surface area contributed by atoms with E-state index in [0.29, 0.717) is 0 Å². The summed E-state index contributed by atoms with van der Waals surface area (Å²) in [6.07, 6.45) is -0.610. The van der Waals surface area contributed by atoms with Crippen LogP contribution in [0.15, 0.2) is 21.9 Å². The van der Waals surface area contributed by atoms with Gasteiger partial charge in [-0.05, 0) is 20.8 Å². The zero-order chi connectivity index (χ0) is 19.7. The second-order valence-corrected chi connectivity index (χ2v) is 6.97. The molecule has 0 radical (unpaired) electrons. The molecule has 0 bridgehead atoms. The number of hydrogen-bond donors (Lipinski definition) is 3. The monoisotopic (exact) mass is 369 g/mol. The van der Waals surface area contributed by atoms with Crippen molar-refractivity contribution in [2.75, 3.05) is 19.6 Å². The molecule has 2 amide bonds. The predicted octanol–water partition coefficient (Wildman–Crippen LogP) is -0.998. The van der Waals surface area contributed by atoms with Crippen molar-refractivity contribution < 1.29 is 28.7 Å². The molecule has 2 heterocycles. The molecule has 0 spiro atoms. The summed E-state index contributed by atoms with van der Waals surface area (Å²) in [5.74, 6) is -1.72. The van der Waals surface area contributed by atoms with Gasteiger partial charge in [-0.15, -0.1) is 0 Å². The van der Waals surface area contributed by atoms with Gasteiger partial charge in [0.1, 0.15) is 12.1 Å². The van der Waals surface area contributed by atoms with E-state index in [-0.39, 0.29) is 13.1 Å². The molecule has 1 fully saturated rings. The first kappa shape index (κ1) is 19.4. The molecule has 1 aliphatic heterocycles. The zero-order valence-electron chi connectivity index (χ0n) is 14.6. The van der Waals surface area contributed by atoms with Crippen molar-refractivity contribution in [2.45, 2.75) is 32.5 Å². The molecular weight excluding hydrogens is 348 g/mol. The van der Waals surface area contributed by atoms with Crippen molar-refractivity contribution in [3.8, 4) is 0 Å². The van der Waals surface area contributed by atoms with Crippen molar-refractivity contribution in [1.82, 2.24) is 14.9 Å². The van der Waals surface area contributed by atoms with Crippen LogP contribution >= 0.6 is 0 Å². The number of aromatic amines is 1. The fourth-order valence-electron chi connectivity index (χ4n) is 2.69. The number of ether oxygens (including phenoxy) is 1. The highest BCUT2D eigenvalue weighted by Crippen LogP contribution is 2.41. The van der Waals surface area contributed by atoms with Gasteiger partial charge >= 0.3 is 23.7 Å². The molecule has 1 aromatic heterocycles. The summed E-state index contributed by atoms with van der Waals surface area (Å²) in [4.78, 5) is 60.2. The number of rotatable bonds is 6. The number of aliphatic carboxylic acids is 1. The van der Waals surface area contributed by atoms with Crippen LogP contribution in [0, 0.1) is 0 Å². The van der Waals surface area contributed by atoms with E-state index in [4.69, 9.17) is 9.84 Å². The highest BCUT2D eigenvalue weighted by Gasteiger charge is 2.70. The maximum Gasteiger partial charge on any atom is 0.407 e. The number of carbonyl (C=O) groups excluding carboxylic acids is 2. The normalized spacial score (nSPS) is 22.0. The summed E-state index contributed by atoms with van der Waals surface area (Å²) in [6, 6.07) is 1.07. The molecule has 3 N–H and O–H groups in total. The molecule has 2 rings (SSSR count). The van der Waals surface area contributed by atoms with E-state index in [0.717, 1.165) is 16.8 Å². The summed E-state index contributed by atoms with van der Waals surface area (Å²) in [5, 5.41) is 11.6. The molecule has 11 heteroatoms. The summed E-state index contributed by atoms with van der Waals surface area (Å²) in [6.45, 7) is 4.46. The molecule has 1 saturated heterocycles. The van der Waals surface area contributed by atoms with Crippen molar-refractivity contribution in [2.24, 2.45) is 0 Å². The van der Waals surface area contributed by atoms with Gasteiger partial charge in [0.2, 0.25) is 0 Å². The lowest BCUT2D eigenvalue weighted by Crippen LogP contribution is -2.43. The van der Waals surface area contributed by atoms with E-state index in [9.17, 15) is 24.0 Å². The standard InChI is InChI=1S/C15H20N4O7/c1-15(2,3)26-14(25)16-5-7-19(8-10(21)22)11(12(19)23)18-6-4-9(20)17-13(18)24/h4,6,11H,5,7-8H2,1-3H3,(H2-,16,17,20,21,22,24,25)/p+1. The molecule has 2 unspecified atom stereocenters. The minimum Gasteiger partial charge on any atom is -0.477 e. The first-order valence-corrected chi connectivity index (χ1v) is 7.87. The largest absolute Gasteiger partial charge is 0.477 e. The van der Waals surface area contributed by atoms with E-state index in [1.165, 1.54) is 0 Å². The Balaban J connectivity index is 2.13. The first-order valence-electron chi connectivity index (χ1n) is 7.87. The fraction of sp³-hybridized carbons (Fsp3) is 0.533. The first-order chi connectivity index (χ1) is 12.0. The van der Waals surface area contributed by atoms with Crippen LogP contribution in [-0.2, 0) is 14.3 Å². The number of aromatic nitrogens is 2. The van der Waals surface area contributed by atoms with E-state index < -0.39 is 52.0 Å². The Bertz CT molecular complexity index is 851. The second kappa shape index (κ2) is 6.75. The predicted molar refractivity (Wildman–Crippen MR) is 87.2 cm³/mol. The van der Waals surface area contributed by atoms with Gasteiger partial charge < -0.3 is 15.2 Å². The van der Waals surface area contributed by atoms with Gasteiger partial charge in [0.25, 0.3) is 11.7 Å². The number of nitrogens with one attached hydrogen (secondary N) is 2. The average Bonchev–Trinajstić information content (AvgIpc) is 3.00. The maximum absolute atomic E-state index is 12.3. The number of nitrogens with zero attached hydrogens (tertiary/aromatic N) is 2. The van der Waals surface area contributed by atoms with Crippen molar-refractivity contribution in [1.29, 1.82) is 0 Å². The fourth-order valence-corrected chi connectivity index (χ4v) is 2.69. The van der Waals surface area contributed by atoms with Gasteiger partial charge in [0.15, 0.2) is 6.54 Å². The van der Waals surface area contributed by atoms with E-state index >= 15 is 0 Å². The molecule has 1 aliphatic rings. The SMILES string of the molecule is CC(C)(C)OC(=O)NCC[N+]1(CC(=O)O)C(=O)C1n1ccc(=O)[nH]c1=O.